The van der Waals surface area contributed by atoms with Gasteiger partial charge in [-0.15, -0.1) is 10.2 Å². The summed E-state index contributed by atoms with van der Waals surface area (Å²) in [6.45, 7) is 2.14. The first-order chi connectivity index (χ1) is 15.4. The monoisotopic (exact) mass is 449 g/mol. The second kappa shape index (κ2) is 9.44. The van der Waals surface area contributed by atoms with Crippen LogP contribution in [0.25, 0.3) is 22.0 Å². The summed E-state index contributed by atoms with van der Waals surface area (Å²) >= 11 is 1.33. The van der Waals surface area contributed by atoms with Crippen LogP contribution in [0.2, 0.25) is 0 Å². The molecule has 7 heteroatoms. The van der Waals surface area contributed by atoms with Crippen LogP contribution in [0.3, 0.4) is 0 Å². The Kier molecular flexibility index (Phi) is 6.46. The molecule has 1 amide bonds. The van der Waals surface area contributed by atoms with E-state index < -0.39 is 5.25 Å². The molecule has 0 aliphatic heterocycles. The lowest BCUT2D eigenvalue weighted by molar-refractivity contribution is -0.129. The average molecular weight is 450 g/mol. The smallest absolute Gasteiger partial charge is 0.235 e. The predicted octanol–water partition coefficient (Wildman–Crippen LogP) is 5.71. The number of rotatable bonds is 6. The maximum atomic E-state index is 13.4. The Labute approximate surface area is 189 Å². The van der Waals surface area contributed by atoms with Gasteiger partial charge in [0.2, 0.25) is 5.91 Å². The van der Waals surface area contributed by atoms with Crippen molar-refractivity contribution >= 4 is 28.4 Å². The van der Waals surface area contributed by atoms with E-state index in [1.807, 2.05) is 31.2 Å². The average Bonchev–Trinajstić information content (AvgIpc) is 2.79. The minimum Gasteiger partial charge on any atom is -0.340 e. The molecule has 4 aromatic rings. The van der Waals surface area contributed by atoms with Crippen molar-refractivity contribution in [1.29, 1.82) is 0 Å². The summed E-state index contributed by atoms with van der Waals surface area (Å²) in [6, 6.07) is 20.0. The van der Waals surface area contributed by atoms with Crippen molar-refractivity contribution < 1.29 is 13.6 Å². The van der Waals surface area contributed by atoms with Gasteiger partial charge in [0, 0.05) is 29.9 Å². The van der Waals surface area contributed by atoms with E-state index in [1.54, 1.807) is 36.2 Å². The third kappa shape index (κ3) is 4.78. The molecule has 4 rings (SSSR count). The van der Waals surface area contributed by atoms with Crippen LogP contribution in [-0.2, 0) is 11.3 Å². The molecule has 3 aromatic carbocycles. The lowest BCUT2D eigenvalue weighted by Gasteiger charge is -2.21. The van der Waals surface area contributed by atoms with Crippen LogP contribution >= 0.6 is 11.8 Å². The highest BCUT2D eigenvalue weighted by molar-refractivity contribution is 8.00. The Balaban J connectivity index is 1.56. The van der Waals surface area contributed by atoms with E-state index in [0.717, 1.165) is 21.9 Å². The Hall–Kier alpha value is -3.32. The molecule has 1 aromatic heterocycles. The lowest BCUT2D eigenvalue weighted by Crippen LogP contribution is -2.32. The molecule has 4 nitrogen and oxygen atoms in total. The third-order valence-corrected chi connectivity index (χ3v) is 6.17. The van der Waals surface area contributed by atoms with E-state index in [2.05, 4.69) is 10.2 Å². The van der Waals surface area contributed by atoms with E-state index in [9.17, 15) is 13.6 Å². The number of hydrogen-bond acceptors (Lipinski definition) is 4. The van der Waals surface area contributed by atoms with E-state index in [-0.39, 0.29) is 17.5 Å². The fourth-order valence-electron chi connectivity index (χ4n) is 3.50. The quantitative estimate of drug-likeness (QED) is 0.354. The molecular weight excluding hydrogens is 428 g/mol. The van der Waals surface area contributed by atoms with E-state index in [0.29, 0.717) is 17.3 Å². The van der Waals surface area contributed by atoms with Gasteiger partial charge in [-0.05, 0) is 48.9 Å². The number of fused-ring (bicyclic) bond motifs is 1. The van der Waals surface area contributed by atoms with Crippen LogP contribution in [-0.4, -0.2) is 33.3 Å². The van der Waals surface area contributed by atoms with Gasteiger partial charge in [-0.3, -0.25) is 4.79 Å². The lowest BCUT2D eigenvalue weighted by atomic mass is 10.1. The maximum Gasteiger partial charge on any atom is 0.235 e. The fraction of sp³-hybridized carbons (Fsp3) is 0.160. The van der Waals surface area contributed by atoms with E-state index >= 15 is 0 Å². The van der Waals surface area contributed by atoms with Gasteiger partial charge in [0.1, 0.15) is 22.4 Å². The molecule has 0 spiro atoms. The largest absolute Gasteiger partial charge is 0.340 e. The molecule has 0 bridgehead atoms. The van der Waals surface area contributed by atoms with Gasteiger partial charge in [-0.25, -0.2) is 8.78 Å². The van der Waals surface area contributed by atoms with Crippen LogP contribution < -0.4 is 0 Å². The van der Waals surface area contributed by atoms with Crippen LogP contribution in [0.4, 0.5) is 8.78 Å². The molecule has 0 aliphatic rings. The molecule has 0 fully saturated rings. The van der Waals surface area contributed by atoms with E-state index in [1.165, 1.54) is 36.0 Å². The summed E-state index contributed by atoms with van der Waals surface area (Å²) in [6.07, 6.45) is 0. The van der Waals surface area contributed by atoms with Gasteiger partial charge < -0.3 is 4.90 Å². The van der Waals surface area contributed by atoms with Gasteiger partial charge in [-0.2, -0.15) is 0 Å². The maximum absolute atomic E-state index is 13.4. The molecule has 0 saturated heterocycles. The van der Waals surface area contributed by atoms with Crippen LogP contribution in [0, 0.1) is 11.6 Å². The molecule has 0 aliphatic carbocycles. The molecule has 0 saturated carbocycles. The van der Waals surface area contributed by atoms with Gasteiger partial charge in [-0.1, -0.05) is 48.2 Å². The van der Waals surface area contributed by atoms with Crippen molar-refractivity contribution in [2.75, 3.05) is 7.05 Å². The summed E-state index contributed by atoms with van der Waals surface area (Å²) in [7, 11) is 1.70. The van der Waals surface area contributed by atoms with Crippen molar-refractivity contribution in [3.63, 3.8) is 0 Å². The highest BCUT2D eigenvalue weighted by Crippen LogP contribution is 2.33. The van der Waals surface area contributed by atoms with Gasteiger partial charge in [0.15, 0.2) is 0 Å². The number of halogens is 2. The third-order valence-electron chi connectivity index (χ3n) is 5.09. The number of thioether (sulfide) groups is 1. The molecule has 0 N–H and O–H groups in total. The Bertz CT molecular complexity index is 1260. The van der Waals surface area contributed by atoms with Crippen LogP contribution in [0.15, 0.2) is 77.8 Å². The first kappa shape index (κ1) is 21.9. The van der Waals surface area contributed by atoms with Crippen LogP contribution in [0.1, 0.15) is 12.5 Å². The first-order valence-corrected chi connectivity index (χ1v) is 11.0. The molecule has 162 valence electrons. The second-order valence-corrected chi connectivity index (χ2v) is 8.82. The summed E-state index contributed by atoms with van der Waals surface area (Å²) < 4.78 is 26.8. The minimum absolute atomic E-state index is 0.0900. The summed E-state index contributed by atoms with van der Waals surface area (Å²) in [5.41, 5.74) is 2.16. The normalized spacial score (nSPS) is 12.0. The zero-order chi connectivity index (χ0) is 22.7. The fourth-order valence-corrected chi connectivity index (χ4v) is 4.51. The van der Waals surface area contributed by atoms with Crippen molar-refractivity contribution in [2.24, 2.45) is 0 Å². The standard InChI is InChI=1S/C25H21F2N3OS/c1-16(25(31)30(2)15-17-6-5-7-20(27)14-17)32-24-22-9-4-3-8-21(22)23(28-29-24)18-10-12-19(26)13-11-18/h3-14,16H,15H2,1-2H3. The van der Waals surface area contributed by atoms with Crippen LogP contribution in [0.5, 0.6) is 0 Å². The SMILES string of the molecule is CC(Sc1nnc(-c2ccc(F)cc2)c2ccccc12)C(=O)N(C)Cc1cccc(F)c1. The van der Waals surface area contributed by atoms with Gasteiger partial charge in [0.05, 0.1) is 5.25 Å². The second-order valence-electron chi connectivity index (χ2n) is 7.49. The number of carbonyl (C=O) groups is 1. The Morgan fingerprint density at radius 1 is 0.938 bits per heavy atom. The number of carbonyl (C=O) groups excluding carboxylic acids is 1. The molecule has 1 heterocycles. The number of aromatic nitrogens is 2. The summed E-state index contributed by atoms with van der Waals surface area (Å²) in [5, 5.41) is 10.7. The van der Waals surface area contributed by atoms with Crippen molar-refractivity contribution in [3.8, 4) is 11.3 Å². The summed E-state index contributed by atoms with van der Waals surface area (Å²) in [4.78, 5) is 14.5. The van der Waals surface area contributed by atoms with Crippen molar-refractivity contribution in [1.82, 2.24) is 15.1 Å². The summed E-state index contributed by atoms with van der Waals surface area (Å²) in [5.74, 6) is -0.727. The zero-order valence-electron chi connectivity index (χ0n) is 17.6. The molecule has 1 unspecified atom stereocenters. The number of amides is 1. The minimum atomic E-state index is -0.414. The topological polar surface area (TPSA) is 46.1 Å². The first-order valence-electron chi connectivity index (χ1n) is 10.1. The Morgan fingerprint density at radius 3 is 2.38 bits per heavy atom. The number of nitrogens with zero attached hydrogens (tertiary/aromatic N) is 3. The molecule has 32 heavy (non-hydrogen) atoms. The predicted molar refractivity (Wildman–Crippen MR) is 123 cm³/mol. The molecular formula is C25H21F2N3OS. The molecule has 0 radical (unpaired) electrons. The Morgan fingerprint density at radius 2 is 1.66 bits per heavy atom. The van der Waals surface area contributed by atoms with Gasteiger partial charge >= 0.3 is 0 Å². The number of hydrogen-bond donors (Lipinski definition) is 0. The number of benzene rings is 3. The van der Waals surface area contributed by atoms with Crippen molar-refractivity contribution in [3.05, 3.63) is 90.0 Å². The highest BCUT2D eigenvalue weighted by Gasteiger charge is 2.22. The van der Waals surface area contributed by atoms with E-state index in [4.69, 9.17) is 0 Å². The van der Waals surface area contributed by atoms with Gasteiger partial charge in [0.25, 0.3) is 0 Å². The highest BCUT2D eigenvalue weighted by atomic mass is 32.2. The zero-order valence-corrected chi connectivity index (χ0v) is 18.4. The molecule has 1 atom stereocenters. The van der Waals surface area contributed by atoms with Crippen molar-refractivity contribution in [2.45, 2.75) is 23.7 Å².